The lowest BCUT2D eigenvalue weighted by Gasteiger charge is -2.34. The second kappa shape index (κ2) is 3.85. The van der Waals surface area contributed by atoms with Gasteiger partial charge in [0.2, 0.25) is 0 Å². The van der Waals surface area contributed by atoms with Gasteiger partial charge < -0.3 is 10.1 Å². The van der Waals surface area contributed by atoms with E-state index in [1.807, 2.05) is 0 Å². The molecular formula is C11H18N2O2. The van der Waals surface area contributed by atoms with Gasteiger partial charge in [-0.3, -0.25) is 4.57 Å². The molecule has 2 rings (SSSR count). The van der Waals surface area contributed by atoms with E-state index in [-0.39, 0.29) is 5.69 Å². The Morgan fingerprint density at radius 3 is 2.80 bits per heavy atom. The number of hydrogen-bond acceptors (Lipinski definition) is 2. The van der Waals surface area contributed by atoms with Crippen molar-refractivity contribution in [3.63, 3.8) is 0 Å². The molecule has 1 heterocycles. The van der Waals surface area contributed by atoms with E-state index in [9.17, 15) is 9.90 Å². The summed E-state index contributed by atoms with van der Waals surface area (Å²) < 4.78 is 1.55. The molecule has 0 spiro atoms. The standard InChI is InChI=1S/C11H18N2O2/c1-9-2-4-11(15,5-3-9)8-13-7-6-12-10(13)14/h6-7,9,15H,2-5,8H2,1H3,(H,12,14). The van der Waals surface area contributed by atoms with Gasteiger partial charge in [0.1, 0.15) is 0 Å². The maximum atomic E-state index is 11.3. The summed E-state index contributed by atoms with van der Waals surface area (Å²) in [5.74, 6) is 0.702. The van der Waals surface area contributed by atoms with Crippen LogP contribution in [0, 0.1) is 5.92 Å². The van der Waals surface area contributed by atoms with Crippen molar-refractivity contribution < 1.29 is 5.11 Å². The summed E-state index contributed by atoms with van der Waals surface area (Å²) in [6.07, 6.45) is 7.00. The third-order valence-electron chi connectivity index (χ3n) is 3.39. The van der Waals surface area contributed by atoms with Gasteiger partial charge >= 0.3 is 5.69 Å². The number of aromatic amines is 1. The predicted molar refractivity (Wildman–Crippen MR) is 57.6 cm³/mol. The molecule has 1 fully saturated rings. The van der Waals surface area contributed by atoms with Crippen LogP contribution in [0.2, 0.25) is 0 Å². The second-order valence-electron chi connectivity index (χ2n) is 4.80. The molecule has 0 aliphatic heterocycles. The minimum atomic E-state index is -0.682. The van der Waals surface area contributed by atoms with E-state index in [0.717, 1.165) is 25.7 Å². The number of nitrogens with zero attached hydrogens (tertiary/aromatic N) is 1. The van der Waals surface area contributed by atoms with Crippen molar-refractivity contribution >= 4 is 0 Å². The fourth-order valence-electron chi connectivity index (χ4n) is 2.25. The normalized spacial score (nSPS) is 31.7. The summed E-state index contributed by atoms with van der Waals surface area (Å²) in [5, 5.41) is 10.3. The molecule has 0 unspecified atom stereocenters. The van der Waals surface area contributed by atoms with Crippen LogP contribution in [0.4, 0.5) is 0 Å². The van der Waals surface area contributed by atoms with Gasteiger partial charge in [-0.25, -0.2) is 4.79 Å². The molecule has 0 aromatic carbocycles. The molecule has 2 N–H and O–H groups in total. The monoisotopic (exact) mass is 210 g/mol. The Balaban J connectivity index is 2.05. The van der Waals surface area contributed by atoms with Gasteiger partial charge in [0.15, 0.2) is 0 Å². The first-order chi connectivity index (χ1) is 7.09. The van der Waals surface area contributed by atoms with Crippen LogP contribution < -0.4 is 5.69 Å². The minimum absolute atomic E-state index is 0.137. The van der Waals surface area contributed by atoms with Crippen LogP contribution in [-0.4, -0.2) is 20.3 Å². The molecule has 0 atom stereocenters. The quantitative estimate of drug-likeness (QED) is 0.768. The summed E-state index contributed by atoms with van der Waals surface area (Å²) in [5.41, 5.74) is -0.819. The molecule has 0 amide bonds. The summed E-state index contributed by atoms with van der Waals surface area (Å²) in [4.78, 5) is 13.9. The fourth-order valence-corrected chi connectivity index (χ4v) is 2.25. The zero-order valence-electron chi connectivity index (χ0n) is 9.07. The molecule has 1 aliphatic rings. The molecule has 0 radical (unpaired) electrons. The lowest BCUT2D eigenvalue weighted by Crippen LogP contribution is -2.40. The van der Waals surface area contributed by atoms with Crippen molar-refractivity contribution in [2.75, 3.05) is 0 Å². The third-order valence-corrected chi connectivity index (χ3v) is 3.39. The number of nitrogens with one attached hydrogen (secondary N) is 1. The minimum Gasteiger partial charge on any atom is -0.388 e. The Bertz CT molecular complexity index is 372. The van der Waals surface area contributed by atoms with Crippen LogP contribution in [0.5, 0.6) is 0 Å². The van der Waals surface area contributed by atoms with Crippen molar-refractivity contribution in [1.29, 1.82) is 0 Å². The highest BCUT2D eigenvalue weighted by Crippen LogP contribution is 2.32. The molecule has 0 saturated heterocycles. The number of hydrogen-bond donors (Lipinski definition) is 2. The molecule has 4 heteroatoms. The van der Waals surface area contributed by atoms with Gasteiger partial charge in [0.05, 0.1) is 12.1 Å². The molecule has 15 heavy (non-hydrogen) atoms. The molecule has 1 aliphatic carbocycles. The Kier molecular flexibility index (Phi) is 2.69. The van der Waals surface area contributed by atoms with Crippen LogP contribution in [0.25, 0.3) is 0 Å². The summed E-state index contributed by atoms with van der Waals surface area (Å²) in [6.45, 7) is 2.63. The van der Waals surface area contributed by atoms with Crippen LogP contribution in [0.1, 0.15) is 32.6 Å². The van der Waals surface area contributed by atoms with Crippen LogP contribution >= 0.6 is 0 Å². The second-order valence-corrected chi connectivity index (χ2v) is 4.80. The van der Waals surface area contributed by atoms with Crippen LogP contribution in [-0.2, 0) is 6.54 Å². The zero-order valence-corrected chi connectivity index (χ0v) is 9.07. The molecule has 4 nitrogen and oxygen atoms in total. The van der Waals surface area contributed by atoms with Crippen LogP contribution in [0.3, 0.4) is 0 Å². The Morgan fingerprint density at radius 1 is 1.60 bits per heavy atom. The largest absolute Gasteiger partial charge is 0.388 e. The first-order valence-corrected chi connectivity index (χ1v) is 5.55. The predicted octanol–water partition coefficient (Wildman–Crippen LogP) is 1.12. The number of imidazole rings is 1. The van der Waals surface area contributed by atoms with E-state index < -0.39 is 5.60 Å². The highest BCUT2D eigenvalue weighted by molar-refractivity contribution is 4.87. The van der Waals surface area contributed by atoms with E-state index >= 15 is 0 Å². The highest BCUT2D eigenvalue weighted by Gasteiger charge is 2.32. The highest BCUT2D eigenvalue weighted by atomic mass is 16.3. The SMILES string of the molecule is CC1CCC(O)(Cn2cc[nH]c2=O)CC1. The molecule has 84 valence electrons. The Hall–Kier alpha value is -1.03. The molecule has 0 bridgehead atoms. The lowest BCUT2D eigenvalue weighted by atomic mass is 9.79. The summed E-state index contributed by atoms with van der Waals surface area (Å²) >= 11 is 0. The van der Waals surface area contributed by atoms with Crippen LogP contribution in [0.15, 0.2) is 17.2 Å². The summed E-state index contributed by atoms with van der Waals surface area (Å²) in [6, 6.07) is 0. The van der Waals surface area contributed by atoms with Gasteiger partial charge in [0.25, 0.3) is 0 Å². The number of H-pyrrole nitrogens is 1. The first-order valence-electron chi connectivity index (χ1n) is 5.55. The van der Waals surface area contributed by atoms with Crippen molar-refractivity contribution in [2.45, 2.75) is 44.8 Å². The smallest absolute Gasteiger partial charge is 0.325 e. The van der Waals surface area contributed by atoms with Crippen molar-refractivity contribution in [3.8, 4) is 0 Å². The van der Waals surface area contributed by atoms with E-state index in [4.69, 9.17) is 0 Å². The average Bonchev–Trinajstić information content (AvgIpc) is 2.58. The van der Waals surface area contributed by atoms with Gasteiger partial charge in [0, 0.05) is 12.4 Å². The molecule has 1 aromatic rings. The van der Waals surface area contributed by atoms with E-state index in [2.05, 4.69) is 11.9 Å². The van der Waals surface area contributed by atoms with Gasteiger partial charge in [-0.15, -0.1) is 0 Å². The summed E-state index contributed by atoms with van der Waals surface area (Å²) in [7, 11) is 0. The van der Waals surface area contributed by atoms with Gasteiger partial charge in [-0.2, -0.15) is 0 Å². The topological polar surface area (TPSA) is 58.0 Å². The van der Waals surface area contributed by atoms with Crippen molar-refractivity contribution in [1.82, 2.24) is 9.55 Å². The van der Waals surface area contributed by atoms with E-state index in [1.54, 1.807) is 17.0 Å². The average molecular weight is 210 g/mol. The number of rotatable bonds is 2. The first kappa shape index (κ1) is 10.5. The molecule has 1 saturated carbocycles. The third kappa shape index (κ3) is 2.31. The molecule has 1 aromatic heterocycles. The zero-order chi connectivity index (χ0) is 10.9. The number of aliphatic hydroxyl groups is 1. The maximum absolute atomic E-state index is 11.3. The van der Waals surface area contributed by atoms with Crippen molar-refractivity contribution in [3.05, 3.63) is 22.9 Å². The maximum Gasteiger partial charge on any atom is 0.325 e. The Morgan fingerprint density at radius 2 is 2.27 bits per heavy atom. The number of aromatic nitrogens is 2. The fraction of sp³-hybridized carbons (Fsp3) is 0.727. The lowest BCUT2D eigenvalue weighted by molar-refractivity contribution is -0.0224. The Labute approximate surface area is 88.9 Å². The van der Waals surface area contributed by atoms with E-state index in [0.29, 0.717) is 12.5 Å². The molecular weight excluding hydrogens is 192 g/mol. The van der Waals surface area contributed by atoms with E-state index in [1.165, 1.54) is 0 Å². The van der Waals surface area contributed by atoms with Crippen molar-refractivity contribution in [2.24, 2.45) is 5.92 Å². The van der Waals surface area contributed by atoms with Gasteiger partial charge in [-0.1, -0.05) is 6.92 Å². The van der Waals surface area contributed by atoms with Gasteiger partial charge in [-0.05, 0) is 31.6 Å².